The Kier molecular flexibility index (Phi) is 2.83. The molecular formula is C15H11NS3. The van der Waals surface area contributed by atoms with E-state index in [4.69, 9.17) is 0 Å². The Labute approximate surface area is 125 Å². The van der Waals surface area contributed by atoms with Crippen LogP contribution in [0.3, 0.4) is 0 Å². The fraction of sp³-hybridized carbons (Fsp3) is 0.0667. The number of rotatable bonds is 0. The van der Waals surface area contributed by atoms with Crippen molar-refractivity contribution in [3.63, 3.8) is 0 Å². The van der Waals surface area contributed by atoms with Crippen LogP contribution in [0.1, 0.15) is 0 Å². The second-order valence-corrected chi connectivity index (χ2v) is 7.77. The molecule has 4 heteroatoms. The zero-order valence-electron chi connectivity index (χ0n) is 10.3. The van der Waals surface area contributed by atoms with Crippen molar-refractivity contribution < 1.29 is 0 Å². The van der Waals surface area contributed by atoms with Gasteiger partial charge in [0.25, 0.3) is 0 Å². The van der Waals surface area contributed by atoms with Crippen LogP contribution in [-0.2, 0) is 0 Å². The van der Waals surface area contributed by atoms with E-state index >= 15 is 0 Å². The molecule has 0 N–H and O–H groups in total. The van der Waals surface area contributed by atoms with Gasteiger partial charge in [0.05, 0.1) is 9.92 Å². The summed E-state index contributed by atoms with van der Waals surface area (Å²) >= 11 is 5.65. The molecule has 2 aromatic rings. The van der Waals surface area contributed by atoms with Gasteiger partial charge in [0.15, 0.2) is 0 Å². The topological polar surface area (TPSA) is 3.24 Å². The van der Waals surface area contributed by atoms with Gasteiger partial charge in [-0.05, 0) is 24.3 Å². The van der Waals surface area contributed by atoms with E-state index in [9.17, 15) is 0 Å². The predicted molar refractivity (Wildman–Crippen MR) is 85.9 cm³/mol. The molecule has 4 rings (SSSR count). The summed E-state index contributed by atoms with van der Waals surface area (Å²) in [5.74, 6) is 0. The van der Waals surface area contributed by atoms with E-state index in [-0.39, 0.29) is 0 Å². The lowest BCUT2D eigenvalue weighted by Gasteiger charge is -2.14. The Balaban J connectivity index is 1.75. The van der Waals surface area contributed by atoms with Crippen molar-refractivity contribution in [3.05, 3.63) is 57.8 Å². The maximum atomic E-state index is 2.31. The summed E-state index contributed by atoms with van der Waals surface area (Å²) in [6.45, 7) is 0. The first-order valence-corrected chi connectivity index (χ1v) is 8.47. The Morgan fingerprint density at radius 2 is 1.32 bits per heavy atom. The van der Waals surface area contributed by atoms with Crippen LogP contribution in [0, 0.1) is 0 Å². The summed E-state index contributed by atoms with van der Waals surface area (Å²) < 4.78 is 1.39. The fourth-order valence-electron chi connectivity index (χ4n) is 2.21. The summed E-state index contributed by atoms with van der Waals surface area (Å²) in [6, 6.07) is 17.2. The largest absolute Gasteiger partial charge is 0.337 e. The molecule has 0 atom stereocenters. The van der Waals surface area contributed by atoms with Gasteiger partial charge in [-0.2, -0.15) is 0 Å². The molecule has 0 amide bonds. The Hall–Kier alpha value is -0.970. The van der Waals surface area contributed by atoms with E-state index in [0.29, 0.717) is 0 Å². The van der Waals surface area contributed by atoms with Gasteiger partial charge in [0, 0.05) is 21.7 Å². The first-order valence-electron chi connectivity index (χ1n) is 6.02. The average molecular weight is 301 g/mol. The van der Waals surface area contributed by atoms with Crippen LogP contribution in [0.25, 0.3) is 0 Å². The van der Waals surface area contributed by atoms with Gasteiger partial charge in [-0.15, -0.1) is 0 Å². The maximum Gasteiger partial charge on any atom is 0.101 e. The Bertz CT molecular complexity index is 666. The van der Waals surface area contributed by atoms with Crippen LogP contribution >= 0.6 is 35.3 Å². The van der Waals surface area contributed by atoms with Crippen molar-refractivity contribution in [1.29, 1.82) is 0 Å². The van der Waals surface area contributed by atoms with Gasteiger partial charge in [-0.25, -0.2) is 0 Å². The minimum Gasteiger partial charge on any atom is -0.337 e. The van der Waals surface area contributed by atoms with E-state index < -0.39 is 0 Å². The minimum absolute atomic E-state index is 1.31. The number of benzene rings is 2. The van der Waals surface area contributed by atoms with Crippen molar-refractivity contribution in [2.24, 2.45) is 0 Å². The monoisotopic (exact) mass is 301 g/mol. The van der Waals surface area contributed by atoms with Gasteiger partial charge in [0.2, 0.25) is 0 Å². The summed E-state index contributed by atoms with van der Waals surface area (Å²) in [5.41, 5.74) is 1.31. The zero-order valence-corrected chi connectivity index (χ0v) is 12.7. The normalized spacial score (nSPS) is 16.8. The Morgan fingerprint density at radius 1 is 0.737 bits per heavy atom. The van der Waals surface area contributed by atoms with E-state index in [1.165, 1.54) is 29.6 Å². The number of para-hydroxylation sites is 1. The third kappa shape index (κ3) is 1.90. The molecular weight excluding hydrogens is 290 g/mol. The molecule has 94 valence electrons. The van der Waals surface area contributed by atoms with Crippen molar-refractivity contribution in [2.75, 3.05) is 11.9 Å². The van der Waals surface area contributed by atoms with Crippen molar-refractivity contribution in [2.45, 2.75) is 14.7 Å². The highest BCUT2D eigenvalue weighted by Crippen LogP contribution is 2.57. The van der Waals surface area contributed by atoms with Gasteiger partial charge in [0.1, 0.15) is 5.03 Å². The SMILES string of the molecule is CN1C(=C2Sc3ccccc3S2)Sc2ccccc21. The molecule has 2 aromatic carbocycles. The Morgan fingerprint density at radius 3 is 1.95 bits per heavy atom. The molecule has 0 saturated heterocycles. The maximum absolute atomic E-state index is 2.31. The molecule has 0 radical (unpaired) electrons. The molecule has 19 heavy (non-hydrogen) atoms. The second-order valence-electron chi connectivity index (χ2n) is 4.37. The second kappa shape index (κ2) is 4.54. The number of fused-ring (bicyclic) bond motifs is 2. The quantitative estimate of drug-likeness (QED) is 0.653. The molecule has 0 spiro atoms. The lowest BCUT2D eigenvalue weighted by molar-refractivity contribution is 1.18. The van der Waals surface area contributed by atoms with Crippen LogP contribution in [-0.4, -0.2) is 7.05 Å². The van der Waals surface area contributed by atoms with E-state index in [1.807, 2.05) is 35.3 Å². The van der Waals surface area contributed by atoms with Crippen LogP contribution < -0.4 is 4.90 Å². The lowest BCUT2D eigenvalue weighted by Crippen LogP contribution is -2.10. The first-order chi connectivity index (χ1) is 9.33. The van der Waals surface area contributed by atoms with Gasteiger partial charge >= 0.3 is 0 Å². The summed E-state index contributed by atoms with van der Waals surface area (Å²) in [7, 11) is 2.16. The van der Waals surface area contributed by atoms with Crippen molar-refractivity contribution in [1.82, 2.24) is 0 Å². The van der Waals surface area contributed by atoms with Crippen LogP contribution in [0.4, 0.5) is 5.69 Å². The molecule has 0 bridgehead atoms. The molecule has 2 heterocycles. The van der Waals surface area contributed by atoms with E-state index in [1.54, 1.807) is 0 Å². The highest BCUT2D eigenvalue weighted by Gasteiger charge is 2.28. The molecule has 0 fully saturated rings. The predicted octanol–water partition coefficient (Wildman–Crippen LogP) is 5.25. The third-order valence-corrected chi connectivity index (χ3v) is 7.20. The highest BCUT2D eigenvalue weighted by molar-refractivity contribution is 8.25. The lowest BCUT2D eigenvalue weighted by atomic mass is 10.3. The number of hydrogen-bond acceptors (Lipinski definition) is 4. The average Bonchev–Trinajstić information content (AvgIpc) is 3.00. The van der Waals surface area contributed by atoms with Gasteiger partial charge < -0.3 is 4.90 Å². The van der Waals surface area contributed by atoms with E-state index in [0.717, 1.165) is 0 Å². The van der Waals surface area contributed by atoms with Crippen LogP contribution in [0.5, 0.6) is 0 Å². The number of nitrogens with zero attached hydrogens (tertiary/aromatic N) is 1. The summed E-state index contributed by atoms with van der Waals surface area (Å²) in [4.78, 5) is 6.41. The zero-order chi connectivity index (χ0) is 12.8. The molecule has 0 saturated carbocycles. The number of anilines is 1. The molecule has 0 unspecified atom stereocenters. The van der Waals surface area contributed by atoms with Crippen LogP contribution in [0.2, 0.25) is 0 Å². The molecule has 0 aromatic heterocycles. The number of thioether (sulfide) groups is 3. The number of hydrogen-bond donors (Lipinski definition) is 0. The van der Waals surface area contributed by atoms with Crippen LogP contribution in [0.15, 0.2) is 72.5 Å². The standard InChI is InChI=1S/C15H11NS3/c1-16-10-6-2-3-7-11(10)17-14(16)15-18-12-8-4-5-9-13(12)19-15/h2-9H,1H3. The third-order valence-electron chi connectivity index (χ3n) is 3.17. The minimum atomic E-state index is 1.31. The highest BCUT2D eigenvalue weighted by atomic mass is 32.2. The van der Waals surface area contributed by atoms with E-state index in [2.05, 4.69) is 60.5 Å². The summed E-state index contributed by atoms with van der Waals surface area (Å²) in [6.07, 6.45) is 0. The van der Waals surface area contributed by atoms with Crippen molar-refractivity contribution in [3.8, 4) is 0 Å². The molecule has 1 nitrogen and oxygen atoms in total. The molecule has 2 aliphatic rings. The van der Waals surface area contributed by atoms with Gasteiger partial charge in [-0.3, -0.25) is 0 Å². The van der Waals surface area contributed by atoms with Gasteiger partial charge in [-0.1, -0.05) is 59.6 Å². The first kappa shape index (κ1) is 11.8. The van der Waals surface area contributed by atoms with Crippen molar-refractivity contribution >= 4 is 41.0 Å². The fourth-order valence-corrected chi connectivity index (χ4v) is 6.12. The smallest absolute Gasteiger partial charge is 0.101 e. The summed E-state index contributed by atoms with van der Waals surface area (Å²) in [5, 5.41) is 1.35. The molecule has 0 aliphatic carbocycles. The molecule has 2 aliphatic heterocycles.